The average Bonchev–Trinajstić information content (AvgIpc) is 3.20. The lowest BCUT2D eigenvalue weighted by molar-refractivity contribution is -0.117. The SMILES string of the molecule is O=C1CC(NCc2cccc3nccn23)CN1c1c(F)cccc1F. The first-order valence-corrected chi connectivity index (χ1v) is 8.02. The van der Waals surface area contributed by atoms with Gasteiger partial charge in [0.15, 0.2) is 0 Å². The van der Waals surface area contributed by atoms with Crippen molar-refractivity contribution in [3.8, 4) is 0 Å². The number of imidazole rings is 1. The van der Waals surface area contributed by atoms with Crippen LogP contribution < -0.4 is 10.2 Å². The van der Waals surface area contributed by atoms with Gasteiger partial charge in [-0.2, -0.15) is 0 Å². The molecule has 1 aliphatic heterocycles. The third-order valence-corrected chi connectivity index (χ3v) is 4.42. The van der Waals surface area contributed by atoms with E-state index in [0.717, 1.165) is 23.5 Å². The number of pyridine rings is 1. The van der Waals surface area contributed by atoms with E-state index in [1.165, 1.54) is 11.0 Å². The second-order valence-corrected chi connectivity index (χ2v) is 6.03. The molecule has 3 aromatic rings. The molecule has 0 saturated carbocycles. The molecule has 25 heavy (non-hydrogen) atoms. The van der Waals surface area contributed by atoms with Crippen molar-refractivity contribution in [3.05, 3.63) is 66.1 Å². The van der Waals surface area contributed by atoms with Gasteiger partial charge in [-0.05, 0) is 24.3 Å². The normalized spacial score (nSPS) is 17.6. The van der Waals surface area contributed by atoms with Crippen LogP contribution >= 0.6 is 0 Å². The fourth-order valence-electron chi connectivity index (χ4n) is 3.21. The Hall–Kier alpha value is -2.80. The largest absolute Gasteiger partial charge is 0.306 e. The maximum atomic E-state index is 13.9. The summed E-state index contributed by atoms with van der Waals surface area (Å²) in [6.45, 7) is 0.760. The van der Waals surface area contributed by atoms with Crippen molar-refractivity contribution in [2.24, 2.45) is 0 Å². The van der Waals surface area contributed by atoms with E-state index in [9.17, 15) is 13.6 Å². The van der Waals surface area contributed by atoms with Crippen LogP contribution in [0.5, 0.6) is 0 Å². The molecule has 1 unspecified atom stereocenters. The van der Waals surface area contributed by atoms with Gasteiger partial charge in [-0.3, -0.25) is 4.79 Å². The third-order valence-electron chi connectivity index (χ3n) is 4.42. The van der Waals surface area contributed by atoms with E-state index in [1.807, 2.05) is 28.8 Å². The first kappa shape index (κ1) is 15.7. The number of para-hydroxylation sites is 1. The molecule has 7 heteroatoms. The lowest BCUT2D eigenvalue weighted by Crippen LogP contribution is -2.33. The number of amides is 1. The van der Waals surface area contributed by atoms with Crippen molar-refractivity contribution < 1.29 is 13.6 Å². The van der Waals surface area contributed by atoms with Crippen molar-refractivity contribution >= 4 is 17.2 Å². The van der Waals surface area contributed by atoms with Gasteiger partial charge in [-0.25, -0.2) is 13.8 Å². The molecular formula is C18H16F2N4O. The van der Waals surface area contributed by atoms with Crippen LogP contribution in [0, 0.1) is 11.6 Å². The molecule has 5 nitrogen and oxygen atoms in total. The quantitative estimate of drug-likeness (QED) is 0.793. The molecule has 1 N–H and O–H groups in total. The minimum absolute atomic E-state index is 0.176. The lowest BCUT2D eigenvalue weighted by atomic mass is 10.2. The Labute approximate surface area is 142 Å². The average molecular weight is 342 g/mol. The van der Waals surface area contributed by atoms with Gasteiger partial charge < -0.3 is 14.6 Å². The highest BCUT2D eigenvalue weighted by Crippen LogP contribution is 2.27. The molecule has 1 saturated heterocycles. The Balaban J connectivity index is 1.49. The summed E-state index contributed by atoms with van der Waals surface area (Å²) in [4.78, 5) is 17.6. The number of halogens is 2. The molecule has 4 rings (SSSR count). The number of carbonyl (C=O) groups is 1. The monoisotopic (exact) mass is 342 g/mol. The van der Waals surface area contributed by atoms with Gasteiger partial charge >= 0.3 is 0 Å². The molecule has 1 fully saturated rings. The zero-order chi connectivity index (χ0) is 17.4. The molecular weight excluding hydrogens is 326 g/mol. The summed E-state index contributed by atoms with van der Waals surface area (Å²) >= 11 is 0. The number of rotatable bonds is 4. The molecule has 3 heterocycles. The molecule has 1 amide bonds. The summed E-state index contributed by atoms with van der Waals surface area (Å²) in [5, 5.41) is 3.29. The van der Waals surface area contributed by atoms with Crippen LogP contribution in [-0.4, -0.2) is 27.9 Å². The Kier molecular flexibility index (Phi) is 3.93. The highest BCUT2D eigenvalue weighted by molar-refractivity contribution is 5.96. The van der Waals surface area contributed by atoms with Crippen molar-refractivity contribution in [2.45, 2.75) is 19.0 Å². The Morgan fingerprint density at radius 3 is 2.72 bits per heavy atom. The minimum atomic E-state index is -0.725. The number of carbonyl (C=O) groups excluding carboxylic acids is 1. The van der Waals surface area contributed by atoms with E-state index in [4.69, 9.17) is 0 Å². The van der Waals surface area contributed by atoms with E-state index in [0.29, 0.717) is 6.54 Å². The zero-order valence-corrected chi connectivity index (χ0v) is 13.3. The highest BCUT2D eigenvalue weighted by atomic mass is 19.1. The minimum Gasteiger partial charge on any atom is -0.306 e. The third kappa shape index (κ3) is 2.87. The van der Waals surface area contributed by atoms with Crippen LogP contribution in [0.25, 0.3) is 5.65 Å². The first-order chi connectivity index (χ1) is 12.1. The maximum Gasteiger partial charge on any atom is 0.228 e. The summed E-state index contributed by atoms with van der Waals surface area (Å²) in [6.07, 6.45) is 3.79. The Morgan fingerprint density at radius 1 is 1.16 bits per heavy atom. The summed E-state index contributed by atoms with van der Waals surface area (Å²) in [7, 11) is 0. The summed E-state index contributed by atoms with van der Waals surface area (Å²) in [5.41, 5.74) is 1.57. The van der Waals surface area contributed by atoms with Crippen LogP contribution in [0.3, 0.4) is 0 Å². The molecule has 0 aliphatic carbocycles. The van der Waals surface area contributed by atoms with Gasteiger partial charge in [0.25, 0.3) is 0 Å². The smallest absolute Gasteiger partial charge is 0.228 e. The van der Waals surface area contributed by atoms with Crippen LogP contribution in [0.15, 0.2) is 48.8 Å². The van der Waals surface area contributed by atoms with E-state index in [-0.39, 0.29) is 30.6 Å². The molecule has 1 atom stereocenters. The molecule has 0 spiro atoms. The van der Waals surface area contributed by atoms with E-state index in [1.54, 1.807) is 6.20 Å². The van der Waals surface area contributed by atoms with Crippen molar-refractivity contribution in [2.75, 3.05) is 11.4 Å². The Morgan fingerprint density at radius 2 is 1.92 bits per heavy atom. The number of benzene rings is 1. The van der Waals surface area contributed by atoms with Gasteiger partial charge in [-0.1, -0.05) is 12.1 Å². The van der Waals surface area contributed by atoms with Gasteiger partial charge in [0, 0.05) is 43.6 Å². The second kappa shape index (κ2) is 6.25. The predicted octanol–water partition coefficient (Wildman–Crippen LogP) is 2.51. The van der Waals surface area contributed by atoms with Crippen LogP contribution in [-0.2, 0) is 11.3 Å². The molecule has 1 aromatic carbocycles. The van der Waals surface area contributed by atoms with Crippen LogP contribution in [0.2, 0.25) is 0 Å². The van der Waals surface area contributed by atoms with E-state index < -0.39 is 11.6 Å². The number of fused-ring (bicyclic) bond motifs is 1. The zero-order valence-electron chi connectivity index (χ0n) is 13.3. The summed E-state index contributed by atoms with van der Waals surface area (Å²) < 4.78 is 29.8. The fourth-order valence-corrected chi connectivity index (χ4v) is 3.21. The van der Waals surface area contributed by atoms with E-state index >= 15 is 0 Å². The summed E-state index contributed by atoms with van der Waals surface area (Å²) in [5.74, 6) is -1.74. The number of hydrogen-bond donors (Lipinski definition) is 1. The molecule has 1 aliphatic rings. The Bertz CT molecular complexity index is 919. The van der Waals surface area contributed by atoms with Crippen molar-refractivity contribution in [1.29, 1.82) is 0 Å². The second-order valence-electron chi connectivity index (χ2n) is 6.03. The topological polar surface area (TPSA) is 49.6 Å². The number of hydrogen-bond acceptors (Lipinski definition) is 3. The lowest BCUT2D eigenvalue weighted by Gasteiger charge is -2.18. The highest BCUT2D eigenvalue weighted by Gasteiger charge is 2.33. The van der Waals surface area contributed by atoms with Gasteiger partial charge in [0.05, 0.1) is 0 Å². The molecule has 0 bridgehead atoms. The number of nitrogens with one attached hydrogen (secondary N) is 1. The maximum absolute atomic E-state index is 13.9. The molecule has 2 aromatic heterocycles. The molecule has 128 valence electrons. The standard InChI is InChI=1S/C18H16F2N4O/c19-14-4-2-5-15(20)18(14)24-11-12(9-17(24)25)22-10-13-3-1-6-16-21-7-8-23(13)16/h1-8,12,22H,9-11H2. The van der Waals surface area contributed by atoms with Gasteiger partial charge in [-0.15, -0.1) is 0 Å². The van der Waals surface area contributed by atoms with Crippen molar-refractivity contribution in [1.82, 2.24) is 14.7 Å². The van der Waals surface area contributed by atoms with Crippen LogP contribution in [0.4, 0.5) is 14.5 Å². The molecule has 0 radical (unpaired) electrons. The van der Waals surface area contributed by atoms with Gasteiger partial charge in [0.1, 0.15) is 23.0 Å². The van der Waals surface area contributed by atoms with E-state index in [2.05, 4.69) is 10.3 Å². The van der Waals surface area contributed by atoms with Crippen LogP contribution in [0.1, 0.15) is 12.1 Å². The van der Waals surface area contributed by atoms with Gasteiger partial charge in [0.2, 0.25) is 5.91 Å². The summed E-state index contributed by atoms with van der Waals surface area (Å²) in [6, 6.07) is 9.22. The number of nitrogens with zero attached hydrogens (tertiary/aromatic N) is 3. The first-order valence-electron chi connectivity index (χ1n) is 8.02. The predicted molar refractivity (Wildman–Crippen MR) is 89.1 cm³/mol. The van der Waals surface area contributed by atoms with Crippen molar-refractivity contribution in [3.63, 3.8) is 0 Å². The fraction of sp³-hybridized carbons (Fsp3) is 0.222. The number of anilines is 1. The number of aromatic nitrogens is 2.